The standard InChI is InChI=1S/C14H15ClN4O4/c1-6-10(21)11(22)8(4-20)23-14(6)19-3-7(2-16)9-12(15)17-5-18-13(9)19/h3,5-6,8,10-11,14,20-22H,4H2,1H3/p+1/t6-,8?,10?,11?,14?/m1/s1. The Balaban J connectivity index is 2.13. The fourth-order valence-electron chi connectivity index (χ4n) is 2.91. The molecule has 0 saturated carbocycles. The molecule has 1 aliphatic heterocycles. The summed E-state index contributed by atoms with van der Waals surface area (Å²) in [6, 6.07) is 2.04. The van der Waals surface area contributed by atoms with E-state index in [1.807, 2.05) is 6.07 Å². The van der Waals surface area contributed by atoms with E-state index in [4.69, 9.17) is 21.4 Å². The van der Waals surface area contributed by atoms with Crippen molar-refractivity contribution in [2.24, 2.45) is 5.92 Å². The van der Waals surface area contributed by atoms with Gasteiger partial charge in [0.1, 0.15) is 35.5 Å². The fraction of sp³-hybridized carbons (Fsp3) is 0.500. The van der Waals surface area contributed by atoms with Crippen molar-refractivity contribution in [2.45, 2.75) is 31.5 Å². The predicted molar refractivity (Wildman–Crippen MR) is 80.8 cm³/mol. The third-order valence-corrected chi connectivity index (χ3v) is 4.50. The number of hydrogen-bond acceptors (Lipinski definition) is 6. The Morgan fingerprint density at radius 1 is 1.52 bits per heavy atom. The molecule has 1 saturated heterocycles. The van der Waals surface area contributed by atoms with Crippen LogP contribution in [-0.4, -0.2) is 54.8 Å². The van der Waals surface area contributed by atoms with Crippen LogP contribution in [0, 0.1) is 17.2 Å². The Labute approximate surface area is 136 Å². The number of fused-ring (bicyclic) bond motifs is 1. The molecule has 1 aliphatic rings. The first-order valence-electron chi connectivity index (χ1n) is 7.06. The lowest BCUT2D eigenvalue weighted by atomic mass is 9.91. The van der Waals surface area contributed by atoms with Crippen molar-refractivity contribution in [3.63, 3.8) is 0 Å². The molecule has 0 aliphatic carbocycles. The monoisotopic (exact) mass is 339 g/mol. The number of aliphatic hydroxyl groups excluding tert-OH is 2. The minimum Gasteiger partial charge on any atom is -0.439 e. The summed E-state index contributed by atoms with van der Waals surface area (Å²) in [6.45, 7) is 1.36. The van der Waals surface area contributed by atoms with Gasteiger partial charge in [0, 0.05) is 12.1 Å². The highest BCUT2D eigenvalue weighted by Crippen LogP contribution is 2.36. The Morgan fingerprint density at radius 2 is 2.26 bits per heavy atom. The molecule has 0 spiro atoms. The van der Waals surface area contributed by atoms with Gasteiger partial charge in [0.2, 0.25) is 6.10 Å². The number of ether oxygens (including phenoxy) is 1. The number of nitriles is 1. The van der Waals surface area contributed by atoms with Crippen LogP contribution in [0.15, 0.2) is 12.5 Å². The van der Waals surface area contributed by atoms with Crippen LogP contribution in [0.25, 0.3) is 11.0 Å². The van der Waals surface area contributed by atoms with E-state index >= 15 is 0 Å². The van der Waals surface area contributed by atoms with Crippen molar-refractivity contribution in [3.8, 4) is 6.07 Å². The normalized spacial score (nSPS) is 31.2. The lowest BCUT2D eigenvalue weighted by Crippen LogP contribution is -2.52. The van der Waals surface area contributed by atoms with Gasteiger partial charge in [-0.05, 0) is 0 Å². The van der Waals surface area contributed by atoms with E-state index in [2.05, 4.69) is 9.97 Å². The highest BCUT2D eigenvalue weighted by Gasteiger charge is 2.46. The number of halogens is 1. The summed E-state index contributed by atoms with van der Waals surface area (Å²) in [6.07, 6.45) is -0.611. The first-order chi connectivity index (χ1) is 11.0. The molecule has 4 unspecified atom stereocenters. The minimum absolute atomic E-state index is 0.159. The van der Waals surface area contributed by atoms with Crippen molar-refractivity contribution in [1.82, 2.24) is 14.5 Å². The Bertz CT molecular complexity index is 772. The van der Waals surface area contributed by atoms with Gasteiger partial charge in [-0.15, -0.1) is 0 Å². The van der Waals surface area contributed by atoms with Gasteiger partial charge in [-0.2, -0.15) is 5.26 Å². The van der Waals surface area contributed by atoms with Crippen LogP contribution in [0.3, 0.4) is 0 Å². The Hall–Kier alpha value is -1.76. The second kappa shape index (κ2) is 6.03. The van der Waals surface area contributed by atoms with Gasteiger partial charge in [0.05, 0.1) is 17.6 Å². The molecule has 0 bridgehead atoms. The Morgan fingerprint density at radius 3 is 2.91 bits per heavy atom. The van der Waals surface area contributed by atoms with E-state index in [0.29, 0.717) is 16.6 Å². The van der Waals surface area contributed by atoms with E-state index in [9.17, 15) is 15.5 Å². The summed E-state index contributed by atoms with van der Waals surface area (Å²) >= 11 is 6.06. The van der Waals surface area contributed by atoms with Gasteiger partial charge < -0.3 is 24.6 Å². The van der Waals surface area contributed by atoms with Crippen LogP contribution >= 0.6 is 11.6 Å². The van der Waals surface area contributed by atoms with Crippen molar-refractivity contribution in [2.75, 3.05) is 6.61 Å². The maximum atomic E-state index is 10.3. The number of rotatable bonds is 2. The second-order valence-electron chi connectivity index (χ2n) is 5.55. The maximum Gasteiger partial charge on any atom is 0.209 e. The largest absolute Gasteiger partial charge is 0.439 e. The SMILES string of the molecule is C[C@@H]1C(O)C([OH2+])C(CO)OC1n1cc(C#N)c2c(Cl)ncnc21. The molecule has 0 aromatic carbocycles. The quantitative estimate of drug-likeness (QED) is 0.582. The van der Waals surface area contributed by atoms with Crippen LogP contribution in [0.1, 0.15) is 18.7 Å². The summed E-state index contributed by atoms with van der Waals surface area (Å²) in [7, 11) is 0. The molecule has 5 atom stereocenters. The van der Waals surface area contributed by atoms with Crippen LogP contribution in [0.2, 0.25) is 5.15 Å². The van der Waals surface area contributed by atoms with Crippen molar-refractivity contribution < 1.29 is 20.1 Å². The van der Waals surface area contributed by atoms with Crippen molar-refractivity contribution in [1.29, 1.82) is 5.26 Å². The lowest BCUT2D eigenvalue weighted by molar-refractivity contribution is -0.227. The van der Waals surface area contributed by atoms with Crippen LogP contribution in [0.5, 0.6) is 0 Å². The highest BCUT2D eigenvalue weighted by atomic mass is 35.5. The molecule has 122 valence electrons. The van der Waals surface area contributed by atoms with E-state index in [1.54, 1.807) is 11.5 Å². The molecule has 23 heavy (non-hydrogen) atoms. The number of aromatic nitrogens is 3. The average molecular weight is 340 g/mol. The van der Waals surface area contributed by atoms with E-state index < -0.39 is 30.5 Å². The summed E-state index contributed by atoms with van der Waals surface area (Å²) in [5.41, 5.74) is 0.704. The third-order valence-electron chi connectivity index (χ3n) is 4.21. The summed E-state index contributed by atoms with van der Waals surface area (Å²) in [4.78, 5) is 8.04. The average Bonchev–Trinajstić information content (AvgIpc) is 2.93. The van der Waals surface area contributed by atoms with E-state index in [1.165, 1.54) is 12.5 Å². The number of aliphatic hydroxyl groups is 2. The maximum absolute atomic E-state index is 10.3. The molecule has 2 aromatic heterocycles. The van der Waals surface area contributed by atoms with Crippen molar-refractivity contribution in [3.05, 3.63) is 23.2 Å². The molecule has 2 aromatic rings. The first-order valence-corrected chi connectivity index (χ1v) is 7.44. The van der Waals surface area contributed by atoms with Crippen LogP contribution in [-0.2, 0) is 4.74 Å². The molecular weight excluding hydrogens is 324 g/mol. The van der Waals surface area contributed by atoms with Gasteiger partial charge in [-0.1, -0.05) is 18.5 Å². The zero-order chi connectivity index (χ0) is 16.7. The lowest BCUT2D eigenvalue weighted by Gasteiger charge is -2.39. The second-order valence-corrected chi connectivity index (χ2v) is 5.91. The summed E-state index contributed by atoms with van der Waals surface area (Å²) in [5.74, 6) is -0.434. The van der Waals surface area contributed by atoms with Crippen LogP contribution < -0.4 is 0 Å². The molecule has 3 rings (SSSR count). The molecule has 4 N–H and O–H groups in total. The molecule has 3 heterocycles. The van der Waals surface area contributed by atoms with Gasteiger partial charge in [0.15, 0.2) is 6.10 Å². The van der Waals surface area contributed by atoms with Gasteiger partial charge in [-0.3, -0.25) is 0 Å². The van der Waals surface area contributed by atoms with Gasteiger partial charge in [-0.25, -0.2) is 9.97 Å². The van der Waals surface area contributed by atoms with Crippen LogP contribution in [0.4, 0.5) is 0 Å². The first kappa shape index (κ1) is 16.1. The minimum atomic E-state index is -0.980. The van der Waals surface area contributed by atoms with Gasteiger partial charge >= 0.3 is 0 Å². The van der Waals surface area contributed by atoms with E-state index in [0.717, 1.165) is 0 Å². The van der Waals surface area contributed by atoms with Gasteiger partial charge in [0.25, 0.3) is 0 Å². The summed E-state index contributed by atoms with van der Waals surface area (Å²) in [5, 5.41) is 37.4. The molecule has 1 fully saturated rings. The third kappa shape index (κ3) is 2.47. The smallest absolute Gasteiger partial charge is 0.209 e. The Kier molecular flexibility index (Phi) is 4.23. The number of nitrogens with zero attached hydrogens (tertiary/aromatic N) is 4. The zero-order valence-corrected chi connectivity index (χ0v) is 13.0. The molecule has 9 heteroatoms. The van der Waals surface area contributed by atoms with E-state index in [-0.39, 0.29) is 11.8 Å². The zero-order valence-electron chi connectivity index (χ0n) is 12.2. The molecular formula is C14H16ClN4O4+. The molecule has 0 amide bonds. The van der Waals surface area contributed by atoms with Crippen molar-refractivity contribution >= 4 is 22.6 Å². The molecule has 0 radical (unpaired) electrons. The highest BCUT2D eigenvalue weighted by molar-refractivity contribution is 6.34. The summed E-state index contributed by atoms with van der Waals surface area (Å²) < 4.78 is 7.38. The predicted octanol–water partition coefficient (Wildman–Crippen LogP) is -0.0637. The molecule has 8 nitrogen and oxygen atoms in total. The number of hydrogen-bond donors (Lipinski definition) is 2. The fourth-order valence-corrected chi connectivity index (χ4v) is 3.14. The topological polar surface area (TPSA) is 127 Å².